The number of rotatable bonds is 7. The summed E-state index contributed by atoms with van der Waals surface area (Å²) in [5, 5.41) is 24.3. The zero-order chi connectivity index (χ0) is 25.6. The Hall–Kier alpha value is -4.32. The van der Waals surface area contributed by atoms with E-state index in [1.807, 2.05) is 0 Å². The molecule has 0 aliphatic carbocycles. The molecule has 3 aromatic heterocycles. The largest absolute Gasteiger partial charge is 0.543 e. The van der Waals surface area contributed by atoms with Crippen molar-refractivity contribution in [2.75, 3.05) is 18.6 Å². The van der Waals surface area contributed by atoms with Gasteiger partial charge in [-0.3, -0.25) is 24.4 Å². The first-order valence-electron chi connectivity index (χ1n) is 10.1. The number of aromatic amines is 1. The lowest BCUT2D eigenvalue weighted by molar-refractivity contribution is -0.746. The molecule has 186 valence electrons. The standard InChI is InChI=1S/C18H16N10O6S2/c1-34-24-10(13-22-18(19)36-25-13)14(30)21-11-15(31)28-12(17(32)33)7(5-35-16(11)28)3-26-4-8-2-9(29)23-27(8)6-20-26/h2,4,6,11,16H,3,5H2,1H3,(H4-,19,21,22,23,25,29,30,32,33)/b24-10-. The van der Waals surface area contributed by atoms with Gasteiger partial charge in [0.05, 0.1) is 11.7 Å². The van der Waals surface area contributed by atoms with E-state index in [1.54, 1.807) is 6.20 Å². The molecule has 4 N–H and O–H groups in total. The minimum absolute atomic E-state index is 0.0429. The second-order valence-corrected chi connectivity index (χ2v) is 9.44. The van der Waals surface area contributed by atoms with Crippen molar-refractivity contribution in [3.8, 4) is 0 Å². The SMILES string of the molecule is CO/N=C(\C(=O)NC1C(=O)N2C(C(=O)[O-])=C(C[n+]3cc4cc(=O)[nH]n4cn3)CSC12)c1nsc(N)n1. The molecule has 5 rings (SSSR count). The quantitative estimate of drug-likeness (QED) is 0.116. The van der Waals surface area contributed by atoms with Crippen molar-refractivity contribution >= 4 is 57.4 Å². The van der Waals surface area contributed by atoms with Gasteiger partial charge in [0.2, 0.25) is 17.7 Å². The fourth-order valence-electron chi connectivity index (χ4n) is 3.81. The summed E-state index contributed by atoms with van der Waals surface area (Å²) in [6.07, 6.45) is 2.94. The van der Waals surface area contributed by atoms with E-state index in [2.05, 4.69) is 30.0 Å². The monoisotopic (exact) mass is 532 g/mol. The van der Waals surface area contributed by atoms with Crippen LogP contribution in [-0.4, -0.2) is 76.7 Å². The number of carbonyl (C=O) groups is 3. The van der Waals surface area contributed by atoms with Crippen LogP contribution < -0.4 is 26.4 Å². The van der Waals surface area contributed by atoms with Gasteiger partial charge < -0.3 is 25.8 Å². The van der Waals surface area contributed by atoms with E-state index in [9.17, 15) is 24.3 Å². The second-order valence-electron chi connectivity index (χ2n) is 7.55. The van der Waals surface area contributed by atoms with Gasteiger partial charge in [-0.05, 0) is 0 Å². The van der Waals surface area contributed by atoms with Crippen LogP contribution in [0.25, 0.3) is 5.52 Å². The van der Waals surface area contributed by atoms with Gasteiger partial charge in [0.15, 0.2) is 18.0 Å². The van der Waals surface area contributed by atoms with Gasteiger partial charge in [-0.15, -0.1) is 11.8 Å². The van der Waals surface area contributed by atoms with Gasteiger partial charge >= 0.3 is 0 Å². The molecular weight excluding hydrogens is 516 g/mol. The molecule has 0 saturated carbocycles. The topological polar surface area (TPSA) is 217 Å². The van der Waals surface area contributed by atoms with Crippen molar-refractivity contribution in [2.45, 2.75) is 18.0 Å². The summed E-state index contributed by atoms with van der Waals surface area (Å²) in [6, 6.07) is 0.339. The number of nitrogens with one attached hydrogen (secondary N) is 2. The summed E-state index contributed by atoms with van der Waals surface area (Å²) >= 11 is 2.12. The number of nitrogens with two attached hydrogens (primary N) is 1. The van der Waals surface area contributed by atoms with Crippen LogP contribution in [0.4, 0.5) is 5.13 Å². The van der Waals surface area contributed by atoms with Crippen LogP contribution in [0, 0.1) is 0 Å². The summed E-state index contributed by atoms with van der Waals surface area (Å²) in [7, 11) is 1.23. The maximum Gasteiger partial charge on any atom is 0.278 e. The number of H-pyrrole nitrogens is 1. The zero-order valence-electron chi connectivity index (χ0n) is 18.3. The number of oxime groups is 1. The van der Waals surface area contributed by atoms with Crippen LogP contribution in [-0.2, 0) is 25.8 Å². The number of aromatic nitrogens is 6. The van der Waals surface area contributed by atoms with Crippen LogP contribution in [0.2, 0.25) is 0 Å². The van der Waals surface area contributed by atoms with E-state index < -0.39 is 29.2 Å². The smallest absolute Gasteiger partial charge is 0.278 e. The number of thioether (sulfide) groups is 1. The van der Waals surface area contributed by atoms with E-state index in [1.165, 1.54) is 40.5 Å². The molecule has 2 aliphatic rings. The van der Waals surface area contributed by atoms with E-state index in [-0.39, 0.29) is 40.2 Å². The van der Waals surface area contributed by atoms with E-state index in [0.29, 0.717) is 11.1 Å². The predicted octanol–water partition coefficient (Wildman–Crippen LogP) is -3.80. The number of amides is 2. The highest BCUT2D eigenvalue weighted by Gasteiger charge is 2.53. The number of aliphatic carboxylic acids is 1. The Balaban J connectivity index is 1.36. The number of carboxylic acid groups (broad SMARTS) is 1. The molecule has 0 bridgehead atoms. The van der Waals surface area contributed by atoms with Gasteiger partial charge in [-0.2, -0.15) is 9.36 Å². The number of hydrogen-bond donors (Lipinski definition) is 3. The van der Waals surface area contributed by atoms with Gasteiger partial charge in [-0.25, -0.2) is 4.52 Å². The normalized spacial score (nSPS) is 19.8. The minimum Gasteiger partial charge on any atom is -0.543 e. The van der Waals surface area contributed by atoms with E-state index in [0.717, 1.165) is 16.4 Å². The summed E-state index contributed by atoms with van der Waals surface area (Å²) in [6.45, 7) is 0.0429. The van der Waals surface area contributed by atoms with Crippen molar-refractivity contribution in [1.82, 2.24) is 34.3 Å². The van der Waals surface area contributed by atoms with Crippen molar-refractivity contribution in [1.29, 1.82) is 0 Å². The molecular formula is C18H16N10O6S2. The van der Waals surface area contributed by atoms with Crippen LogP contribution in [0.5, 0.6) is 0 Å². The highest BCUT2D eigenvalue weighted by atomic mass is 32.2. The highest BCUT2D eigenvalue weighted by Crippen LogP contribution is 2.40. The van der Waals surface area contributed by atoms with Crippen molar-refractivity contribution in [3.05, 3.63) is 46.0 Å². The number of β-lactam (4-membered cyclic amide) rings is 1. The Morgan fingerprint density at radius 2 is 2.25 bits per heavy atom. The number of fused-ring (bicyclic) bond motifs is 2. The molecule has 5 heterocycles. The van der Waals surface area contributed by atoms with Crippen LogP contribution in [0.1, 0.15) is 5.82 Å². The van der Waals surface area contributed by atoms with Gasteiger partial charge in [0, 0.05) is 34.0 Å². The lowest BCUT2D eigenvalue weighted by Crippen LogP contribution is -2.71. The van der Waals surface area contributed by atoms with Crippen LogP contribution in [0.15, 0.2) is 39.8 Å². The van der Waals surface area contributed by atoms with E-state index in [4.69, 9.17) is 10.6 Å². The molecule has 3 aromatic rings. The third kappa shape index (κ3) is 4.05. The van der Waals surface area contributed by atoms with Gasteiger partial charge in [0.1, 0.15) is 24.0 Å². The number of carboxylic acids is 1. The summed E-state index contributed by atoms with van der Waals surface area (Å²) in [5.41, 5.74) is 5.60. The minimum atomic E-state index is -1.53. The van der Waals surface area contributed by atoms with Crippen molar-refractivity contribution < 1.29 is 29.0 Å². The Bertz CT molecular complexity index is 1520. The first-order chi connectivity index (χ1) is 17.3. The van der Waals surface area contributed by atoms with E-state index >= 15 is 0 Å². The lowest BCUT2D eigenvalue weighted by Gasteiger charge is -2.50. The summed E-state index contributed by atoms with van der Waals surface area (Å²) < 4.78 is 6.79. The number of nitrogen functional groups attached to an aromatic ring is 1. The Morgan fingerprint density at radius 3 is 2.94 bits per heavy atom. The number of carbonyl (C=O) groups excluding carboxylic acids is 3. The summed E-state index contributed by atoms with van der Waals surface area (Å²) in [4.78, 5) is 58.9. The predicted molar refractivity (Wildman–Crippen MR) is 121 cm³/mol. The molecule has 36 heavy (non-hydrogen) atoms. The number of anilines is 1. The molecule has 1 fully saturated rings. The van der Waals surface area contributed by atoms with Crippen molar-refractivity contribution in [3.63, 3.8) is 0 Å². The maximum atomic E-state index is 12.9. The molecule has 2 aliphatic heterocycles. The number of nitrogens with zero attached hydrogens (tertiary/aromatic N) is 7. The fourth-order valence-corrected chi connectivity index (χ4v) is 5.58. The maximum absolute atomic E-state index is 12.9. The first kappa shape index (κ1) is 23.4. The van der Waals surface area contributed by atoms with Crippen LogP contribution >= 0.6 is 23.3 Å². The highest BCUT2D eigenvalue weighted by molar-refractivity contribution is 8.00. The average molecular weight is 533 g/mol. The van der Waals surface area contributed by atoms with Gasteiger partial charge in [-0.1, -0.05) is 9.84 Å². The molecule has 16 nitrogen and oxygen atoms in total. The molecule has 1 saturated heterocycles. The van der Waals surface area contributed by atoms with Gasteiger partial charge in [0.25, 0.3) is 17.4 Å². The second kappa shape index (κ2) is 9.04. The third-order valence-corrected chi connectivity index (χ3v) is 7.20. The summed E-state index contributed by atoms with van der Waals surface area (Å²) in [5.74, 6) is -2.79. The third-order valence-electron chi connectivity index (χ3n) is 5.32. The molecule has 2 amide bonds. The average Bonchev–Trinajstić information content (AvgIpc) is 3.44. The lowest BCUT2D eigenvalue weighted by atomic mass is 10.0. The van der Waals surface area contributed by atoms with Crippen LogP contribution in [0.3, 0.4) is 0 Å². The molecule has 2 unspecified atom stereocenters. The molecule has 18 heteroatoms. The first-order valence-corrected chi connectivity index (χ1v) is 12.0. The Kier molecular flexibility index (Phi) is 5.88. The molecule has 0 spiro atoms. The Morgan fingerprint density at radius 1 is 1.44 bits per heavy atom. The fraction of sp³-hybridized carbons (Fsp3) is 0.278. The Labute approximate surface area is 208 Å². The molecule has 0 aromatic carbocycles. The molecule has 2 atom stereocenters. The molecule has 0 radical (unpaired) electrons. The zero-order valence-corrected chi connectivity index (χ0v) is 19.9. The van der Waals surface area contributed by atoms with Crippen molar-refractivity contribution in [2.24, 2.45) is 5.16 Å². The number of hydrogen-bond acceptors (Lipinski definition) is 13.